The molecular formula is C15H15Cl2NO. The van der Waals surface area contributed by atoms with Crippen molar-refractivity contribution in [2.24, 2.45) is 0 Å². The molecule has 2 aromatic carbocycles. The molecule has 0 N–H and O–H groups in total. The van der Waals surface area contributed by atoms with Gasteiger partial charge in [-0.25, -0.2) is 0 Å². The zero-order valence-corrected chi connectivity index (χ0v) is 12.4. The SMILES string of the molecule is CCN(C)c1ccccc1Oc1ccc(Cl)c(Cl)c1. The highest BCUT2D eigenvalue weighted by Crippen LogP contribution is 2.34. The second-order valence-electron chi connectivity index (χ2n) is 4.16. The Kier molecular flexibility index (Phi) is 4.56. The van der Waals surface area contributed by atoms with Crippen LogP contribution in [0.5, 0.6) is 11.5 Å². The lowest BCUT2D eigenvalue weighted by molar-refractivity contribution is 0.482. The van der Waals surface area contributed by atoms with Crippen LogP contribution in [0, 0.1) is 0 Å². The van der Waals surface area contributed by atoms with Crippen LogP contribution in [0.4, 0.5) is 5.69 Å². The van der Waals surface area contributed by atoms with Gasteiger partial charge in [0.2, 0.25) is 0 Å². The molecule has 0 amide bonds. The van der Waals surface area contributed by atoms with E-state index in [1.807, 2.05) is 31.3 Å². The second kappa shape index (κ2) is 6.18. The second-order valence-corrected chi connectivity index (χ2v) is 4.97. The van der Waals surface area contributed by atoms with Gasteiger partial charge in [-0.2, -0.15) is 0 Å². The molecule has 2 rings (SSSR count). The van der Waals surface area contributed by atoms with Gasteiger partial charge in [0, 0.05) is 19.7 Å². The number of ether oxygens (including phenoxy) is 1. The Hall–Kier alpha value is -1.38. The fourth-order valence-electron chi connectivity index (χ4n) is 1.70. The maximum atomic E-state index is 5.99. The van der Waals surface area contributed by atoms with Crippen LogP contribution < -0.4 is 9.64 Å². The van der Waals surface area contributed by atoms with E-state index in [-0.39, 0.29) is 0 Å². The molecule has 0 aliphatic rings. The molecule has 4 heteroatoms. The van der Waals surface area contributed by atoms with Gasteiger partial charge in [-0.1, -0.05) is 35.3 Å². The summed E-state index contributed by atoms with van der Waals surface area (Å²) in [6.45, 7) is 3.00. The number of hydrogen-bond donors (Lipinski definition) is 0. The summed E-state index contributed by atoms with van der Waals surface area (Å²) in [7, 11) is 2.02. The highest BCUT2D eigenvalue weighted by molar-refractivity contribution is 6.42. The lowest BCUT2D eigenvalue weighted by Crippen LogP contribution is -2.16. The van der Waals surface area contributed by atoms with Gasteiger partial charge in [0.1, 0.15) is 5.75 Å². The van der Waals surface area contributed by atoms with Crippen LogP contribution in [0.25, 0.3) is 0 Å². The normalized spacial score (nSPS) is 10.3. The van der Waals surface area contributed by atoms with Crippen LogP contribution in [-0.2, 0) is 0 Å². The number of benzene rings is 2. The van der Waals surface area contributed by atoms with Crippen LogP contribution in [0.3, 0.4) is 0 Å². The van der Waals surface area contributed by atoms with Crippen molar-refractivity contribution in [2.45, 2.75) is 6.92 Å². The Bertz CT molecular complexity index is 572. The summed E-state index contributed by atoms with van der Waals surface area (Å²) in [6, 6.07) is 13.1. The monoisotopic (exact) mass is 295 g/mol. The van der Waals surface area contributed by atoms with Crippen molar-refractivity contribution in [3.63, 3.8) is 0 Å². The first-order valence-corrected chi connectivity index (χ1v) is 6.80. The smallest absolute Gasteiger partial charge is 0.150 e. The first-order valence-electron chi connectivity index (χ1n) is 6.05. The van der Waals surface area contributed by atoms with Gasteiger partial charge in [-0.3, -0.25) is 0 Å². The number of halogens is 2. The van der Waals surface area contributed by atoms with Gasteiger partial charge in [0.05, 0.1) is 15.7 Å². The molecule has 0 aliphatic carbocycles. The van der Waals surface area contributed by atoms with Gasteiger partial charge in [-0.15, -0.1) is 0 Å². The van der Waals surface area contributed by atoms with E-state index < -0.39 is 0 Å². The molecule has 19 heavy (non-hydrogen) atoms. The van der Waals surface area contributed by atoms with Crippen LogP contribution >= 0.6 is 23.2 Å². The summed E-state index contributed by atoms with van der Waals surface area (Å²) in [5.41, 5.74) is 1.04. The molecule has 0 saturated carbocycles. The molecule has 2 aromatic rings. The largest absolute Gasteiger partial charge is 0.455 e. The Morgan fingerprint density at radius 1 is 1.05 bits per heavy atom. The Labute approximate surface area is 123 Å². The van der Waals surface area contributed by atoms with E-state index >= 15 is 0 Å². The lowest BCUT2D eigenvalue weighted by atomic mass is 10.2. The van der Waals surface area contributed by atoms with Crippen LogP contribution in [0.1, 0.15) is 6.92 Å². The molecule has 0 heterocycles. The fraction of sp³-hybridized carbons (Fsp3) is 0.200. The molecule has 0 atom stereocenters. The standard InChI is InChI=1S/C15H15Cl2NO/c1-3-18(2)14-6-4-5-7-15(14)19-11-8-9-12(16)13(17)10-11/h4-10H,3H2,1-2H3. The van der Waals surface area contributed by atoms with Crippen LogP contribution in [0.2, 0.25) is 10.0 Å². The molecule has 0 aliphatic heterocycles. The van der Waals surface area contributed by atoms with Crippen molar-refractivity contribution in [1.82, 2.24) is 0 Å². The highest BCUT2D eigenvalue weighted by Gasteiger charge is 2.08. The quantitative estimate of drug-likeness (QED) is 0.764. The van der Waals surface area contributed by atoms with Crippen molar-refractivity contribution in [3.05, 3.63) is 52.5 Å². The summed E-state index contributed by atoms with van der Waals surface area (Å²) in [4.78, 5) is 2.12. The summed E-state index contributed by atoms with van der Waals surface area (Å²) in [6.07, 6.45) is 0. The van der Waals surface area contributed by atoms with Crippen LogP contribution in [0.15, 0.2) is 42.5 Å². The van der Waals surface area contributed by atoms with Gasteiger partial charge in [0.25, 0.3) is 0 Å². The number of anilines is 1. The molecule has 0 bridgehead atoms. The molecule has 2 nitrogen and oxygen atoms in total. The minimum atomic E-state index is 0.487. The van der Waals surface area contributed by atoms with Crippen molar-refractivity contribution in [1.29, 1.82) is 0 Å². The number of nitrogens with zero attached hydrogens (tertiary/aromatic N) is 1. The van der Waals surface area contributed by atoms with Crippen molar-refractivity contribution < 1.29 is 4.74 Å². The van der Waals surface area contributed by atoms with Crippen LogP contribution in [-0.4, -0.2) is 13.6 Å². The average molecular weight is 296 g/mol. The Balaban J connectivity index is 2.30. The summed E-state index contributed by atoms with van der Waals surface area (Å²) in [5, 5.41) is 1.01. The third-order valence-electron chi connectivity index (χ3n) is 2.87. The zero-order chi connectivity index (χ0) is 13.8. The number of para-hydroxylation sites is 2. The van der Waals surface area contributed by atoms with Gasteiger partial charge >= 0.3 is 0 Å². The molecule has 0 unspecified atom stereocenters. The topological polar surface area (TPSA) is 12.5 Å². The molecular weight excluding hydrogens is 281 g/mol. The third-order valence-corrected chi connectivity index (χ3v) is 3.61. The van der Waals surface area contributed by atoms with Gasteiger partial charge in [-0.05, 0) is 31.2 Å². The van der Waals surface area contributed by atoms with Gasteiger partial charge < -0.3 is 9.64 Å². The molecule has 0 radical (unpaired) electrons. The lowest BCUT2D eigenvalue weighted by Gasteiger charge is -2.20. The predicted molar refractivity (Wildman–Crippen MR) is 81.9 cm³/mol. The molecule has 100 valence electrons. The molecule has 0 fully saturated rings. The maximum Gasteiger partial charge on any atom is 0.150 e. The first kappa shape index (κ1) is 14.0. The van der Waals surface area contributed by atoms with Gasteiger partial charge in [0.15, 0.2) is 5.75 Å². The maximum absolute atomic E-state index is 5.99. The van der Waals surface area contributed by atoms with E-state index in [1.165, 1.54) is 0 Å². The minimum absolute atomic E-state index is 0.487. The van der Waals surface area contributed by atoms with E-state index in [0.717, 1.165) is 18.0 Å². The first-order chi connectivity index (χ1) is 9.11. The molecule has 0 saturated heterocycles. The molecule has 0 spiro atoms. The minimum Gasteiger partial charge on any atom is -0.455 e. The number of rotatable bonds is 4. The average Bonchev–Trinajstić information content (AvgIpc) is 2.43. The third kappa shape index (κ3) is 3.34. The summed E-state index contributed by atoms with van der Waals surface area (Å²) < 4.78 is 5.88. The van der Waals surface area contributed by atoms with E-state index in [0.29, 0.717) is 15.8 Å². The van der Waals surface area contributed by atoms with E-state index in [4.69, 9.17) is 27.9 Å². The van der Waals surface area contributed by atoms with Crippen molar-refractivity contribution >= 4 is 28.9 Å². The molecule has 0 aromatic heterocycles. The van der Waals surface area contributed by atoms with E-state index in [9.17, 15) is 0 Å². The zero-order valence-electron chi connectivity index (χ0n) is 10.9. The number of hydrogen-bond acceptors (Lipinski definition) is 2. The van der Waals surface area contributed by atoms with Crippen molar-refractivity contribution in [3.8, 4) is 11.5 Å². The predicted octanol–water partition coefficient (Wildman–Crippen LogP) is 5.24. The summed E-state index contributed by atoms with van der Waals surface area (Å²) >= 11 is 11.9. The van der Waals surface area contributed by atoms with E-state index in [1.54, 1.807) is 18.2 Å². The summed E-state index contributed by atoms with van der Waals surface area (Å²) in [5.74, 6) is 1.47. The van der Waals surface area contributed by atoms with Crippen molar-refractivity contribution in [2.75, 3.05) is 18.5 Å². The Morgan fingerprint density at radius 3 is 2.47 bits per heavy atom. The fourth-order valence-corrected chi connectivity index (χ4v) is 1.98. The van der Waals surface area contributed by atoms with E-state index in [2.05, 4.69) is 11.8 Å². The Morgan fingerprint density at radius 2 is 1.79 bits per heavy atom. The highest BCUT2D eigenvalue weighted by atomic mass is 35.5.